The Bertz CT molecular complexity index is 1130. The van der Waals surface area contributed by atoms with Crippen LogP contribution >= 0.6 is 11.3 Å². The van der Waals surface area contributed by atoms with Gasteiger partial charge in [-0.2, -0.15) is 0 Å². The molecule has 1 aliphatic heterocycles. The van der Waals surface area contributed by atoms with E-state index in [0.717, 1.165) is 62.3 Å². The largest absolute Gasteiger partial charge is 0.493 e. The Morgan fingerprint density at radius 2 is 1.82 bits per heavy atom. The van der Waals surface area contributed by atoms with E-state index in [2.05, 4.69) is 29.3 Å². The molecule has 0 saturated carbocycles. The molecule has 0 spiro atoms. The molecule has 0 radical (unpaired) electrons. The summed E-state index contributed by atoms with van der Waals surface area (Å²) in [6, 6.07) is 14.6. The Hall–Kier alpha value is -2.55. The highest BCUT2D eigenvalue weighted by Gasteiger charge is 2.31. The van der Waals surface area contributed by atoms with E-state index < -0.39 is 11.9 Å². The van der Waals surface area contributed by atoms with Crippen LogP contribution in [0.3, 0.4) is 0 Å². The van der Waals surface area contributed by atoms with Crippen LogP contribution in [0.15, 0.2) is 48.5 Å². The first-order valence-electron chi connectivity index (χ1n) is 14.9. The molecular weight excluding hydrogens is 525 g/mol. The quantitative estimate of drug-likeness (QED) is 0.168. The molecule has 2 atom stereocenters. The molecule has 2 N–H and O–H groups in total. The zero-order valence-corrected chi connectivity index (χ0v) is 24.5. The first-order valence-corrected chi connectivity index (χ1v) is 15.7. The molecular formula is C32H44FN3O3S. The lowest BCUT2D eigenvalue weighted by atomic mass is 9.87. The number of carbonyl (C=O) groups is 1. The third kappa shape index (κ3) is 9.53. The molecule has 2 aromatic carbocycles. The predicted octanol–water partition coefficient (Wildman–Crippen LogP) is 7.14. The molecule has 0 aliphatic carbocycles. The van der Waals surface area contributed by atoms with Crippen LogP contribution in [0, 0.1) is 17.7 Å². The summed E-state index contributed by atoms with van der Waals surface area (Å²) in [4.78, 5) is 19.5. The van der Waals surface area contributed by atoms with E-state index in [1.807, 2.05) is 12.1 Å². The number of halogens is 1. The van der Waals surface area contributed by atoms with Crippen LogP contribution in [0.2, 0.25) is 0 Å². The number of aliphatic carboxylic acids is 1. The lowest BCUT2D eigenvalue weighted by molar-refractivity contribution is -0.145. The van der Waals surface area contributed by atoms with Gasteiger partial charge < -0.3 is 20.1 Å². The minimum Gasteiger partial charge on any atom is -0.493 e. The zero-order valence-electron chi connectivity index (χ0n) is 23.7. The van der Waals surface area contributed by atoms with Crippen molar-refractivity contribution in [3.8, 4) is 5.75 Å². The highest BCUT2D eigenvalue weighted by molar-refractivity contribution is 7.18. The maximum atomic E-state index is 13.4. The first-order chi connectivity index (χ1) is 19.5. The Morgan fingerprint density at radius 1 is 1.10 bits per heavy atom. The van der Waals surface area contributed by atoms with Crippen molar-refractivity contribution in [2.45, 2.75) is 77.3 Å². The molecule has 1 aliphatic rings. The molecule has 1 fully saturated rings. The van der Waals surface area contributed by atoms with Gasteiger partial charge in [0.2, 0.25) is 0 Å². The average molecular weight is 570 g/mol. The molecule has 2 unspecified atom stereocenters. The van der Waals surface area contributed by atoms with E-state index in [-0.39, 0.29) is 11.7 Å². The van der Waals surface area contributed by atoms with E-state index in [1.165, 1.54) is 36.1 Å². The number of para-hydroxylation sites is 1. The van der Waals surface area contributed by atoms with Gasteiger partial charge in [0.25, 0.3) is 0 Å². The number of rotatable bonds is 17. The number of carboxylic acid groups (broad SMARTS) is 1. The van der Waals surface area contributed by atoms with Crippen LogP contribution in [0.25, 0.3) is 10.2 Å². The number of benzene rings is 2. The molecule has 4 rings (SSSR count). The highest BCUT2D eigenvalue weighted by Crippen LogP contribution is 2.26. The molecule has 8 heteroatoms. The Labute approximate surface area is 242 Å². The minimum atomic E-state index is -0.742. The van der Waals surface area contributed by atoms with Crippen molar-refractivity contribution in [1.29, 1.82) is 0 Å². The van der Waals surface area contributed by atoms with Crippen molar-refractivity contribution in [2.75, 3.05) is 26.2 Å². The van der Waals surface area contributed by atoms with Gasteiger partial charge in [-0.05, 0) is 68.8 Å². The fourth-order valence-corrected chi connectivity index (χ4v) is 6.53. The molecule has 3 aromatic rings. The number of piperidine rings is 1. The number of hydrogen-bond acceptors (Lipinski definition) is 6. The van der Waals surface area contributed by atoms with Gasteiger partial charge in [-0.15, -0.1) is 11.3 Å². The second-order valence-electron chi connectivity index (χ2n) is 11.1. The minimum absolute atomic E-state index is 0.134. The van der Waals surface area contributed by atoms with E-state index in [9.17, 15) is 14.3 Å². The second kappa shape index (κ2) is 16.0. The Balaban J connectivity index is 1.29. The topological polar surface area (TPSA) is 74.7 Å². The standard InChI is InChI=1S/C32H44FN3O3S/c1-2-3-4-5-6-7-10-28(32(37)38)24(23-39-27-15-13-25(33)14-16-27)22-36-19-17-26(18-20-36)34-21-31-35-29-11-8-9-12-30(29)40-31/h8-9,11-16,24,26,28,34H,2-7,10,17-23H2,1H3,(H,37,38). The number of nitrogens with one attached hydrogen (secondary N) is 1. The number of unbranched alkanes of at least 4 members (excludes halogenated alkanes) is 5. The maximum Gasteiger partial charge on any atom is 0.306 e. The average Bonchev–Trinajstić information content (AvgIpc) is 3.38. The lowest BCUT2D eigenvalue weighted by Gasteiger charge is -2.36. The number of likely N-dealkylation sites (tertiary alicyclic amines) is 1. The summed E-state index contributed by atoms with van der Waals surface area (Å²) in [6.07, 6.45) is 9.52. The van der Waals surface area contributed by atoms with Crippen LogP contribution in [0.4, 0.5) is 4.39 Å². The Kier molecular flexibility index (Phi) is 12.2. The van der Waals surface area contributed by atoms with Gasteiger partial charge in [-0.1, -0.05) is 57.6 Å². The third-order valence-electron chi connectivity index (χ3n) is 7.99. The predicted molar refractivity (Wildman–Crippen MR) is 160 cm³/mol. The number of ether oxygens (including phenoxy) is 1. The van der Waals surface area contributed by atoms with Crippen LogP contribution in [-0.2, 0) is 11.3 Å². The van der Waals surface area contributed by atoms with E-state index in [1.54, 1.807) is 23.5 Å². The van der Waals surface area contributed by atoms with Crippen LogP contribution in [0.1, 0.15) is 69.7 Å². The van der Waals surface area contributed by atoms with E-state index in [4.69, 9.17) is 9.72 Å². The van der Waals surface area contributed by atoms with Gasteiger partial charge in [0.05, 0.1) is 22.7 Å². The third-order valence-corrected chi connectivity index (χ3v) is 9.03. The van der Waals surface area contributed by atoms with Crippen LogP contribution < -0.4 is 10.1 Å². The van der Waals surface area contributed by atoms with Crippen molar-refractivity contribution >= 4 is 27.5 Å². The van der Waals surface area contributed by atoms with Crippen molar-refractivity contribution in [2.24, 2.45) is 11.8 Å². The van der Waals surface area contributed by atoms with Gasteiger partial charge in [0.1, 0.15) is 16.6 Å². The summed E-state index contributed by atoms with van der Waals surface area (Å²) in [5.41, 5.74) is 1.06. The first kappa shape index (κ1) is 30.4. The highest BCUT2D eigenvalue weighted by atomic mass is 32.1. The molecule has 1 aromatic heterocycles. The number of aromatic nitrogens is 1. The number of carboxylic acids is 1. The summed E-state index contributed by atoms with van der Waals surface area (Å²) >= 11 is 1.74. The fourth-order valence-electron chi connectivity index (χ4n) is 5.61. The number of fused-ring (bicyclic) bond motifs is 1. The van der Waals surface area contributed by atoms with Crippen molar-refractivity contribution in [1.82, 2.24) is 15.2 Å². The maximum absolute atomic E-state index is 13.4. The van der Waals surface area contributed by atoms with Gasteiger partial charge in [-0.25, -0.2) is 9.37 Å². The lowest BCUT2D eigenvalue weighted by Crippen LogP contribution is -2.46. The van der Waals surface area contributed by atoms with Crippen molar-refractivity contribution < 1.29 is 19.0 Å². The molecule has 218 valence electrons. The van der Waals surface area contributed by atoms with Crippen molar-refractivity contribution in [3.05, 3.63) is 59.4 Å². The number of nitrogens with zero attached hydrogens (tertiary/aromatic N) is 2. The molecule has 0 amide bonds. The second-order valence-corrected chi connectivity index (χ2v) is 12.2. The Morgan fingerprint density at radius 3 is 2.55 bits per heavy atom. The van der Waals surface area contributed by atoms with E-state index in [0.29, 0.717) is 31.4 Å². The zero-order chi connectivity index (χ0) is 28.2. The summed E-state index contributed by atoms with van der Waals surface area (Å²) < 4.78 is 20.6. The van der Waals surface area contributed by atoms with Gasteiger partial charge in [-0.3, -0.25) is 4.79 Å². The number of thiazole rings is 1. The summed E-state index contributed by atoms with van der Waals surface area (Å²) in [7, 11) is 0. The smallest absolute Gasteiger partial charge is 0.306 e. The number of hydrogen-bond donors (Lipinski definition) is 2. The molecule has 40 heavy (non-hydrogen) atoms. The molecule has 2 heterocycles. The van der Waals surface area contributed by atoms with Gasteiger partial charge >= 0.3 is 5.97 Å². The summed E-state index contributed by atoms with van der Waals surface area (Å²) in [6.45, 7) is 5.83. The normalized spacial score (nSPS) is 16.2. The molecule has 1 saturated heterocycles. The monoisotopic (exact) mass is 569 g/mol. The van der Waals surface area contributed by atoms with Crippen LogP contribution in [-0.4, -0.2) is 53.2 Å². The fraction of sp³-hybridized carbons (Fsp3) is 0.562. The SMILES string of the molecule is CCCCCCCCC(C(=O)O)C(COc1ccc(F)cc1)CN1CCC(NCc2nc3ccccc3s2)CC1. The summed E-state index contributed by atoms with van der Waals surface area (Å²) in [5.74, 6) is -1.07. The van der Waals surface area contributed by atoms with Gasteiger partial charge in [0.15, 0.2) is 0 Å². The molecule has 0 bridgehead atoms. The van der Waals surface area contributed by atoms with Crippen LogP contribution in [0.5, 0.6) is 5.75 Å². The van der Waals surface area contributed by atoms with Crippen molar-refractivity contribution in [3.63, 3.8) is 0 Å². The summed E-state index contributed by atoms with van der Waals surface area (Å²) in [5, 5.41) is 15.0. The van der Waals surface area contributed by atoms with Gasteiger partial charge in [0, 0.05) is 25.0 Å². The van der Waals surface area contributed by atoms with E-state index >= 15 is 0 Å². The molecule has 6 nitrogen and oxygen atoms in total.